The zero-order chi connectivity index (χ0) is 22.0. The average molecular weight is 408 g/mol. The lowest BCUT2D eigenvalue weighted by atomic mass is 10.1. The molecular weight excluding hydrogens is 380 g/mol. The Morgan fingerprint density at radius 1 is 1.07 bits per heavy atom. The summed E-state index contributed by atoms with van der Waals surface area (Å²) in [5.41, 5.74) is 6.69. The van der Waals surface area contributed by atoms with Crippen LogP contribution < -0.4 is 10.2 Å². The van der Waals surface area contributed by atoms with Crippen LogP contribution in [0.5, 0.6) is 0 Å². The second-order valence-corrected chi connectivity index (χ2v) is 8.05. The maximum Gasteiger partial charge on any atom is 0.311 e. The molecule has 0 bridgehead atoms. The predicted molar refractivity (Wildman–Crippen MR) is 117 cm³/mol. The van der Waals surface area contributed by atoms with E-state index in [-0.39, 0.29) is 25.5 Å². The third kappa shape index (κ3) is 4.53. The summed E-state index contributed by atoms with van der Waals surface area (Å²) in [4.78, 5) is 38.9. The standard InChI is InChI=1S/C24H28N2O4/c1-14-9-16(3)23(17(4)10-14)25-21(27)13-30-24(29)19-11-22(28)26(12-19)20-8-6-7-15(2)18(20)5/h6-10,19H,11-13H2,1-5H3,(H,25,27)/t19-/m1/s1. The largest absolute Gasteiger partial charge is 0.455 e. The lowest BCUT2D eigenvalue weighted by Crippen LogP contribution is -2.28. The van der Waals surface area contributed by atoms with Gasteiger partial charge in [-0.2, -0.15) is 0 Å². The topological polar surface area (TPSA) is 75.7 Å². The molecule has 6 heteroatoms. The molecule has 2 aromatic carbocycles. The van der Waals surface area contributed by atoms with Crippen molar-refractivity contribution < 1.29 is 19.1 Å². The first-order valence-electron chi connectivity index (χ1n) is 10.1. The Balaban J connectivity index is 1.59. The molecule has 1 saturated heterocycles. The van der Waals surface area contributed by atoms with Crippen LogP contribution in [0.25, 0.3) is 0 Å². The maximum atomic E-state index is 12.5. The summed E-state index contributed by atoms with van der Waals surface area (Å²) in [7, 11) is 0. The summed E-state index contributed by atoms with van der Waals surface area (Å²) in [5, 5.41) is 2.82. The summed E-state index contributed by atoms with van der Waals surface area (Å²) in [5.74, 6) is -1.60. The number of hydrogen-bond acceptors (Lipinski definition) is 4. The fraction of sp³-hybridized carbons (Fsp3) is 0.375. The van der Waals surface area contributed by atoms with Crippen LogP contribution in [0.1, 0.15) is 34.2 Å². The molecule has 1 heterocycles. The van der Waals surface area contributed by atoms with Crippen molar-refractivity contribution in [3.8, 4) is 0 Å². The first-order chi connectivity index (χ1) is 14.2. The van der Waals surface area contributed by atoms with Gasteiger partial charge in [-0.05, 0) is 62.9 Å². The van der Waals surface area contributed by atoms with E-state index in [1.807, 2.05) is 65.0 Å². The Kier molecular flexibility index (Phi) is 6.25. The first-order valence-corrected chi connectivity index (χ1v) is 10.1. The summed E-state index contributed by atoms with van der Waals surface area (Å²) in [6.45, 7) is 9.68. The van der Waals surface area contributed by atoms with Crippen LogP contribution >= 0.6 is 0 Å². The van der Waals surface area contributed by atoms with Gasteiger partial charge in [0, 0.05) is 24.3 Å². The molecule has 30 heavy (non-hydrogen) atoms. The Bertz CT molecular complexity index is 989. The fourth-order valence-electron chi connectivity index (χ4n) is 3.93. The number of carbonyl (C=O) groups excluding carboxylic acids is 3. The Morgan fingerprint density at radius 3 is 2.40 bits per heavy atom. The summed E-state index contributed by atoms with van der Waals surface area (Å²) >= 11 is 0. The second-order valence-electron chi connectivity index (χ2n) is 8.05. The second kappa shape index (κ2) is 8.69. The highest BCUT2D eigenvalue weighted by Gasteiger charge is 2.37. The van der Waals surface area contributed by atoms with Crippen molar-refractivity contribution in [1.82, 2.24) is 0 Å². The SMILES string of the molecule is Cc1cc(C)c(NC(=O)COC(=O)[C@@H]2CC(=O)N(c3cccc(C)c3C)C2)c(C)c1. The van der Waals surface area contributed by atoms with Gasteiger partial charge in [0.2, 0.25) is 5.91 Å². The van der Waals surface area contributed by atoms with Crippen LogP contribution in [0, 0.1) is 40.5 Å². The molecule has 1 aliphatic heterocycles. The Labute approximate surface area is 177 Å². The number of nitrogens with one attached hydrogen (secondary N) is 1. The van der Waals surface area contributed by atoms with Gasteiger partial charge in [-0.1, -0.05) is 29.8 Å². The van der Waals surface area contributed by atoms with Gasteiger partial charge in [0.15, 0.2) is 6.61 Å². The molecule has 0 unspecified atom stereocenters. The van der Waals surface area contributed by atoms with Crippen molar-refractivity contribution in [1.29, 1.82) is 0 Å². The number of amides is 2. The molecule has 0 aromatic heterocycles. The van der Waals surface area contributed by atoms with E-state index in [1.54, 1.807) is 4.90 Å². The number of aryl methyl sites for hydroxylation is 4. The molecule has 1 fully saturated rings. The van der Waals surface area contributed by atoms with Crippen LogP contribution in [0.15, 0.2) is 30.3 Å². The molecule has 2 amide bonds. The van der Waals surface area contributed by atoms with Crippen molar-refractivity contribution in [2.24, 2.45) is 5.92 Å². The molecule has 0 spiro atoms. The lowest BCUT2D eigenvalue weighted by Gasteiger charge is -2.20. The van der Waals surface area contributed by atoms with Gasteiger partial charge in [-0.15, -0.1) is 0 Å². The van der Waals surface area contributed by atoms with Gasteiger partial charge < -0.3 is 15.0 Å². The molecule has 158 valence electrons. The number of ether oxygens (including phenoxy) is 1. The molecule has 0 aliphatic carbocycles. The number of rotatable bonds is 5. The molecule has 1 aliphatic rings. The number of hydrogen-bond donors (Lipinski definition) is 1. The first kappa shape index (κ1) is 21.6. The molecule has 1 atom stereocenters. The molecule has 3 rings (SSSR count). The van der Waals surface area contributed by atoms with E-state index in [9.17, 15) is 14.4 Å². The molecule has 0 radical (unpaired) electrons. The minimum absolute atomic E-state index is 0.0873. The smallest absolute Gasteiger partial charge is 0.311 e. The van der Waals surface area contributed by atoms with E-state index < -0.39 is 17.8 Å². The van der Waals surface area contributed by atoms with E-state index in [2.05, 4.69) is 5.32 Å². The van der Waals surface area contributed by atoms with Gasteiger partial charge >= 0.3 is 5.97 Å². The van der Waals surface area contributed by atoms with E-state index in [0.29, 0.717) is 0 Å². The highest BCUT2D eigenvalue weighted by molar-refractivity contribution is 6.00. The van der Waals surface area contributed by atoms with Crippen LogP contribution in [-0.4, -0.2) is 30.9 Å². The third-order valence-corrected chi connectivity index (χ3v) is 5.61. The minimum atomic E-state index is -0.576. The minimum Gasteiger partial charge on any atom is -0.455 e. The Hall–Kier alpha value is -3.15. The molecule has 1 N–H and O–H groups in total. The number of esters is 1. The summed E-state index contributed by atoms with van der Waals surface area (Å²) in [6.07, 6.45) is 0.0873. The number of nitrogens with zero attached hydrogens (tertiary/aromatic N) is 1. The van der Waals surface area contributed by atoms with Gasteiger partial charge in [-0.25, -0.2) is 0 Å². The fourth-order valence-corrected chi connectivity index (χ4v) is 3.93. The molecule has 2 aromatic rings. The van der Waals surface area contributed by atoms with Crippen LogP contribution in [0.3, 0.4) is 0 Å². The molecule has 6 nitrogen and oxygen atoms in total. The Morgan fingerprint density at radius 2 is 1.73 bits per heavy atom. The quantitative estimate of drug-likeness (QED) is 0.765. The molecular formula is C24H28N2O4. The van der Waals surface area contributed by atoms with Crippen molar-refractivity contribution in [3.63, 3.8) is 0 Å². The highest BCUT2D eigenvalue weighted by Crippen LogP contribution is 2.30. The van der Waals surface area contributed by atoms with Crippen LogP contribution in [0.4, 0.5) is 11.4 Å². The van der Waals surface area contributed by atoms with Gasteiger partial charge in [0.25, 0.3) is 5.91 Å². The predicted octanol–water partition coefficient (Wildman–Crippen LogP) is 3.76. The van der Waals surface area contributed by atoms with Crippen molar-refractivity contribution >= 4 is 29.2 Å². The molecule has 0 saturated carbocycles. The number of carbonyl (C=O) groups is 3. The van der Waals surface area contributed by atoms with Crippen molar-refractivity contribution in [2.45, 2.75) is 41.0 Å². The zero-order valence-corrected chi connectivity index (χ0v) is 18.2. The van der Waals surface area contributed by atoms with Crippen LogP contribution in [0.2, 0.25) is 0 Å². The number of benzene rings is 2. The zero-order valence-electron chi connectivity index (χ0n) is 18.2. The van der Waals surface area contributed by atoms with Crippen LogP contribution in [-0.2, 0) is 19.1 Å². The normalized spacial score (nSPS) is 16.0. The van der Waals surface area contributed by atoms with Gasteiger partial charge in [0.1, 0.15) is 0 Å². The number of anilines is 2. The van der Waals surface area contributed by atoms with Gasteiger partial charge in [-0.3, -0.25) is 14.4 Å². The van der Waals surface area contributed by atoms with Crippen molar-refractivity contribution in [3.05, 3.63) is 58.1 Å². The van der Waals surface area contributed by atoms with E-state index in [0.717, 1.165) is 39.2 Å². The summed E-state index contributed by atoms with van der Waals surface area (Å²) < 4.78 is 5.22. The van der Waals surface area contributed by atoms with E-state index >= 15 is 0 Å². The van der Waals surface area contributed by atoms with Crippen molar-refractivity contribution in [2.75, 3.05) is 23.4 Å². The van der Waals surface area contributed by atoms with E-state index in [4.69, 9.17) is 4.74 Å². The van der Waals surface area contributed by atoms with E-state index in [1.165, 1.54) is 0 Å². The van der Waals surface area contributed by atoms with Gasteiger partial charge in [0.05, 0.1) is 5.92 Å². The monoisotopic (exact) mass is 408 g/mol. The lowest BCUT2D eigenvalue weighted by molar-refractivity contribution is -0.151. The third-order valence-electron chi connectivity index (χ3n) is 5.61. The highest BCUT2D eigenvalue weighted by atomic mass is 16.5. The average Bonchev–Trinajstić information content (AvgIpc) is 3.06. The maximum absolute atomic E-state index is 12.5. The summed E-state index contributed by atoms with van der Waals surface area (Å²) in [6, 6.07) is 9.74.